The SMILES string of the molecule is CC1(C)c2occc2CC2C=C(CS)CCC21. The molecular weight excluding hydrogens is 228 g/mol. The van der Waals surface area contributed by atoms with Gasteiger partial charge in [0.1, 0.15) is 5.76 Å². The first-order valence-electron chi connectivity index (χ1n) is 6.50. The van der Waals surface area contributed by atoms with Crippen molar-refractivity contribution in [3.05, 3.63) is 35.3 Å². The van der Waals surface area contributed by atoms with Gasteiger partial charge in [0.2, 0.25) is 0 Å². The van der Waals surface area contributed by atoms with Crippen LogP contribution in [0.25, 0.3) is 0 Å². The number of hydrogen-bond acceptors (Lipinski definition) is 2. The van der Waals surface area contributed by atoms with Crippen LogP contribution in [0.5, 0.6) is 0 Å². The summed E-state index contributed by atoms with van der Waals surface area (Å²) in [6.07, 6.45) is 7.98. The normalized spacial score (nSPS) is 30.4. The van der Waals surface area contributed by atoms with E-state index in [1.54, 1.807) is 0 Å². The Balaban J connectivity index is 2.02. The van der Waals surface area contributed by atoms with Crippen molar-refractivity contribution in [2.24, 2.45) is 11.8 Å². The van der Waals surface area contributed by atoms with Crippen LogP contribution >= 0.6 is 12.6 Å². The molecule has 0 aliphatic heterocycles. The van der Waals surface area contributed by atoms with E-state index in [2.05, 4.69) is 38.6 Å². The van der Waals surface area contributed by atoms with E-state index in [0.29, 0.717) is 5.92 Å². The number of rotatable bonds is 1. The first kappa shape index (κ1) is 11.5. The van der Waals surface area contributed by atoms with Crippen LogP contribution in [-0.4, -0.2) is 5.75 Å². The Bertz CT molecular complexity index is 455. The second-order valence-corrected chi connectivity index (χ2v) is 6.31. The fourth-order valence-electron chi connectivity index (χ4n) is 3.77. The Labute approximate surface area is 109 Å². The Kier molecular flexibility index (Phi) is 2.66. The Hall–Kier alpha value is -0.630. The molecule has 0 bridgehead atoms. The van der Waals surface area contributed by atoms with Crippen molar-refractivity contribution < 1.29 is 4.42 Å². The van der Waals surface area contributed by atoms with Gasteiger partial charge >= 0.3 is 0 Å². The molecule has 0 radical (unpaired) electrons. The van der Waals surface area contributed by atoms with Gasteiger partial charge in [-0.3, -0.25) is 0 Å². The molecule has 0 saturated heterocycles. The molecule has 2 atom stereocenters. The number of allylic oxidation sites excluding steroid dienone is 1. The van der Waals surface area contributed by atoms with Crippen LogP contribution in [0.15, 0.2) is 28.4 Å². The summed E-state index contributed by atoms with van der Waals surface area (Å²) in [6.45, 7) is 4.68. The lowest BCUT2D eigenvalue weighted by molar-refractivity contribution is 0.169. The Morgan fingerprint density at radius 1 is 1.47 bits per heavy atom. The van der Waals surface area contributed by atoms with E-state index >= 15 is 0 Å². The standard InChI is InChI=1S/C15H20OS/c1-15(2)13-4-3-10(9-17)7-12(13)8-11-5-6-16-14(11)15/h5-7,12-13,17H,3-4,8-9H2,1-2H3. The maximum atomic E-state index is 5.74. The second-order valence-electron chi connectivity index (χ2n) is 5.99. The number of fused-ring (bicyclic) bond motifs is 2. The molecule has 1 heterocycles. The summed E-state index contributed by atoms with van der Waals surface area (Å²) < 4.78 is 5.74. The van der Waals surface area contributed by atoms with Gasteiger partial charge in [0.15, 0.2) is 0 Å². The largest absolute Gasteiger partial charge is 0.468 e. The summed E-state index contributed by atoms with van der Waals surface area (Å²) in [6, 6.07) is 2.15. The van der Waals surface area contributed by atoms with Crippen LogP contribution < -0.4 is 0 Å². The first-order valence-corrected chi connectivity index (χ1v) is 7.13. The summed E-state index contributed by atoms with van der Waals surface area (Å²) in [5.74, 6) is 3.55. The van der Waals surface area contributed by atoms with E-state index in [0.717, 1.165) is 18.1 Å². The maximum absolute atomic E-state index is 5.74. The third kappa shape index (κ3) is 1.69. The maximum Gasteiger partial charge on any atom is 0.112 e. The van der Waals surface area contributed by atoms with Crippen molar-refractivity contribution in [1.82, 2.24) is 0 Å². The highest BCUT2D eigenvalue weighted by Crippen LogP contribution is 2.49. The molecule has 0 N–H and O–H groups in total. The van der Waals surface area contributed by atoms with E-state index in [4.69, 9.17) is 4.42 Å². The topological polar surface area (TPSA) is 13.1 Å². The fourth-order valence-corrected chi connectivity index (χ4v) is 4.03. The van der Waals surface area contributed by atoms with E-state index in [9.17, 15) is 0 Å². The van der Waals surface area contributed by atoms with Crippen molar-refractivity contribution >= 4 is 12.6 Å². The first-order chi connectivity index (χ1) is 8.13. The molecule has 1 nitrogen and oxygen atoms in total. The van der Waals surface area contributed by atoms with Gasteiger partial charge in [0.25, 0.3) is 0 Å². The van der Waals surface area contributed by atoms with E-state index in [-0.39, 0.29) is 5.41 Å². The van der Waals surface area contributed by atoms with Gasteiger partial charge in [0.05, 0.1) is 6.26 Å². The third-order valence-electron chi connectivity index (χ3n) is 4.66. The van der Waals surface area contributed by atoms with Crippen molar-refractivity contribution in [3.8, 4) is 0 Å². The molecule has 2 aliphatic carbocycles. The fraction of sp³-hybridized carbons (Fsp3) is 0.600. The molecule has 0 spiro atoms. The zero-order valence-corrected chi connectivity index (χ0v) is 11.5. The van der Waals surface area contributed by atoms with Crippen LogP contribution in [0.3, 0.4) is 0 Å². The van der Waals surface area contributed by atoms with Crippen molar-refractivity contribution in [2.45, 2.75) is 38.5 Å². The molecule has 2 heteroatoms. The molecule has 0 amide bonds. The molecule has 0 saturated carbocycles. The summed E-state index contributed by atoms with van der Waals surface area (Å²) in [5.41, 5.74) is 3.12. The zero-order valence-electron chi connectivity index (χ0n) is 10.6. The summed E-state index contributed by atoms with van der Waals surface area (Å²) in [7, 11) is 0. The van der Waals surface area contributed by atoms with Gasteiger partial charge in [0, 0.05) is 11.2 Å². The van der Waals surface area contributed by atoms with Gasteiger partial charge in [-0.05, 0) is 42.7 Å². The number of thiol groups is 1. The highest BCUT2D eigenvalue weighted by molar-refractivity contribution is 7.80. The van der Waals surface area contributed by atoms with Crippen LogP contribution in [0.1, 0.15) is 38.0 Å². The van der Waals surface area contributed by atoms with E-state index < -0.39 is 0 Å². The lowest BCUT2D eigenvalue weighted by Gasteiger charge is -2.44. The third-order valence-corrected chi connectivity index (χ3v) is 5.07. The summed E-state index contributed by atoms with van der Waals surface area (Å²) in [5, 5.41) is 0. The minimum absolute atomic E-state index is 0.181. The molecule has 17 heavy (non-hydrogen) atoms. The van der Waals surface area contributed by atoms with Crippen molar-refractivity contribution in [2.75, 3.05) is 5.75 Å². The van der Waals surface area contributed by atoms with Crippen LogP contribution in [0.2, 0.25) is 0 Å². The lowest BCUT2D eigenvalue weighted by atomic mass is 9.60. The van der Waals surface area contributed by atoms with Gasteiger partial charge in [-0.1, -0.05) is 25.5 Å². The van der Waals surface area contributed by atoms with Gasteiger partial charge in [-0.2, -0.15) is 12.6 Å². The van der Waals surface area contributed by atoms with E-state index in [1.165, 1.54) is 29.7 Å². The molecule has 2 unspecified atom stereocenters. The van der Waals surface area contributed by atoms with Crippen LogP contribution in [0, 0.1) is 11.8 Å². The Morgan fingerprint density at radius 3 is 3.06 bits per heavy atom. The highest BCUT2D eigenvalue weighted by atomic mass is 32.1. The lowest BCUT2D eigenvalue weighted by Crippen LogP contribution is -2.40. The minimum Gasteiger partial charge on any atom is -0.468 e. The molecule has 92 valence electrons. The van der Waals surface area contributed by atoms with Crippen molar-refractivity contribution in [1.29, 1.82) is 0 Å². The average molecular weight is 248 g/mol. The second kappa shape index (κ2) is 3.94. The molecule has 3 rings (SSSR count). The highest BCUT2D eigenvalue weighted by Gasteiger charge is 2.44. The average Bonchev–Trinajstić information content (AvgIpc) is 2.77. The molecular formula is C15H20OS. The number of hydrogen-bond donors (Lipinski definition) is 1. The van der Waals surface area contributed by atoms with Gasteiger partial charge in [-0.25, -0.2) is 0 Å². The molecule has 2 aliphatic rings. The minimum atomic E-state index is 0.181. The predicted octanol–water partition coefficient (Wildman–Crippen LogP) is 4.00. The van der Waals surface area contributed by atoms with Crippen LogP contribution in [0.4, 0.5) is 0 Å². The van der Waals surface area contributed by atoms with Crippen LogP contribution in [-0.2, 0) is 11.8 Å². The molecule has 1 aromatic rings. The monoisotopic (exact) mass is 248 g/mol. The number of furan rings is 1. The summed E-state index contributed by atoms with van der Waals surface area (Å²) in [4.78, 5) is 0. The zero-order chi connectivity index (χ0) is 12.0. The molecule has 1 aromatic heterocycles. The quantitative estimate of drug-likeness (QED) is 0.585. The van der Waals surface area contributed by atoms with E-state index in [1.807, 2.05) is 6.26 Å². The smallest absolute Gasteiger partial charge is 0.112 e. The predicted molar refractivity (Wildman–Crippen MR) is 73.6 cm³/mol. The Morgan fingerprint density at radius 2 is 2.29 bits per heavy atom. The van der Waals surface area contributed by atoms with Gasteiger partial charge in [-0.15, -0.1) is 0 Å². The summed E-state index contributed by atoms with van der Waals surface area (Å²) >= 11 is 4.42. The van der Waals surface area contributed by atoms with Crippen molar-refractivity contribution in [3.63, 3.8) is 0 Å². The molecule has 0 fully saturated rings. The molecule has 0 aromatic carbocycles. The van der Waals surface area contributed by atoms with Gasteiger partial charge < -0.3 is 4.42 Å².